The summed E-state index contributed by atoms with van der Waals surface area (Å²) in [5.41, 5.74) is 1.45. The molecular formula is C19H30N2. The van der Waals surface area contributed by atoms with Gasteiger partial charge in [-0.05, 0) is 50.1 Å². The molecule has 0 amide bonds. The molecule has 116 valence electrons. The molecule has 4 unspecified atom stereocenters. The Kier molecular flexibility index (Phi) is 5.32. The van der Waals surface area contributed by atoms with Gasteiger partial charge in [0.25, 0.3) is 0 Å². The van der Waals surface area contributed by atoms with Crippen LogP contribution in [0.15, 0.2) is 30.3 Å². The van der Waals surface area contributed by atoms with Gasteiger partial charge in [-0.15, -0.1) is 0 Å². The van der Waals surface area contributed by atoms with Crippen LogP contribution in [0.4, 0.5) is 0 Å². The molecule has 4 atom stereocenters. The van der Waals surface area contributed by atoms with E-state index in [1.807, 2.05) is 0 Å². The lowest BCUT2D eigenvalue weighted by molar-refractivity contribution is 0.199. The molecule has 1 saturated heterocycles. The van der Waals surface area contributed by atoms with Crippen molar-refractivity contribution < 1.29 is 0 Å². The highest BCUT2D eigenvalue weighted by Gasteiger charge is 2.34. The molecule has 1 aliphatic carbocycles. The quantitative estimate of drug-likeness (QED) is 0.853. The van der Waals surface area contributed by atoms with Crippen LogP contribution in [0.2, 0.25) is 0 Å². The minimum Gasteiger partial charge on any atom is -0.314 e. The lowest BCUT2D eigenvalue weighted by Gasteiger charge is -2.38. The molecule has 0 spiro atoms. The molecule has 1 aliphatic heterocycles. The van der Waals surface area contributed by atoms with Crippen molar-refractivity contribution in [1.29, 1.82) is 0 Å². The van der Waals surface area contributed by atoms with Crippen LogP contribution in [0, 0.1) is 5.92 Å². The molecule has 2 aliphatic rings. The first-order valence-electron chi connectivity index (χ1n) is 8.93. The van der Waals surface area contributed by atoms with Gasteiger partial charge < -0.3 is 10.6 Å². The Morgan fingerprint density at radius 2 is 1.90 bits per heavy atom. The van der Waals surface area contributed by atoms with Crippen LogP contribution in [0.25, 0.3) is 0 Å². The minimum atomic E-state index is 0.512. The average Bonchev–Trinajstić information content (AvgIpc) is 3.08. The summed E-state index contributed by atoms with van der Waals surface area (Å²) < 4.78 is 0. The van der Waals surface area contributed by atoms with Crippen molar-refractivity contribution in [2.75, 3.05) is 6.54 Å². The van der Waals surface area contributed by atoms with Crippen molar-refractivity contribution in [2.45, 2.75) is 70.0 Å². The van der Waals surface area contributed by atoms with E-state index in [9.17, 15) is 0 Å². The van der Waals surface area contributed by atoms with E-state index < -0.39 is 0 Å². The van der Waals surface area contributed by atoms with Crippen molar-refractivity contribution in [3.8, 4) is 0 Å². The molecule has 21 heavy (non-hydrogen) atoms. The Morgan fingerprint density at radius 3 is 2.62 bits per heavy atom. The van der Waals surface area contributed by atoms with Gasteiger partial charge in [-0.1, -0.05) is 50.1 Å². The first-order valence-corrected chi connectivity index (χ1v) is 8.93. The van der Waals surface area contributed by atoms with Gasteiger partial charge in [0.1, 0.15) is 0 Å². The summed E-state index contributed by atoms with van der Waals surface area (Å²) in [4.78, 5) is 0. The maximum Gasteiger partial charge on any atom is 0.0320 e. The Balaban J connectivity index is 1.68. The van der Waals surface area contributed by atoms with Gasteiger partial charge in [-0.2, -0.15) is 0 Å². The second-order valence-electron chi connectivity index (χ2n) is 6.80. The minimum absolute atomic E-state index is 0.512. The molecule has 0 radical (unpaired) electrons. The highest BCUT2D eigenvalue weighted by molar-refractivity contribution is 5.19. The average molecular weight is 286 g/mol. The summed E-state index contributed by atoms with van der Waals surface area (Å²) in [5.74, 6) is 0.832. The number of nitrogens with one attached hydrogen (secondary N) is 2. The van der Waals surface area contributed by atoms with Gasteiger partial charge in [0, 0.05) is 18.1 Å². The first kappa shape index (κ1) is 15.1. The molecule has 1 aromatic carbocycles. The number of hydrogen-bond donors (Lipinski definition) is 2. The molecule has 2 heteroatoms. The summed E-state index contributed by atoms with van der Waals surface area (Å²) in [6, 6.07) is 12.9. The predicted molar refractivity (Wildman–Crippen MR) is 89.4 cm³/mol. The van der Waals surface area contributed by atoms with E-state index in [4.69, 9.17) is 0 Å². The third-order valence-electron chi connectivity index (χ3n) is 5.46. The third kappa shape index (κ3) is 3.67. The standard InChI is InChI=1S/C19H30N2/c1-2-17(15-9-4-3-5-10-15)21-19-12-7-6-11-16(19)18-13-8-14-20-18/h3-5,9-10,16-21H,2,6-8,11-14H2,1H3. The predicted octanol–water partition coefficient (Wildman–Crippen LogP) is 4.04. The highest BCUT2D eigenvalue weighted by Crippen LogP contribution is 2.32. The van der Waals surface area contributed by atoms with E-state index in [2.05, 4.69) is 47.9 Å². The zero-order valence-electron chi connectivity index (χ0n) is 13.4. The first-order chi connectivity index (χ1) is 10.4. The summed E-state index contributed by atoms with van der Waals surface area (Å²) in [6.07, 6.45) is 9.49. The second kappa shape index (κ2) is 7.42. The molecule has 0 bridgehead atoms. The fourth-order valence-electron chi connectivity index (χ4n) is 4.32. The van der Waals surface area contributed by atoms with Gasteiger partial charge in [0.15, 0.2) is 0 Å². The fourth-order valence-corrected chi connectivity index (χ4v) is 4.32. The van der Waals surface area contributed by atoms with Crippen LogP contribution in [-0.4, -0.2) is 18.6 Å². The molecule has 1 heterocycles. The van der Waals surface area contributed by atoms with Crippen molar-refractivity contribution in [1.82, 2.24) is 10.6 Å². The van der Waals surface area contributed by atoms with Crippen LogP contribution in [-0.2, 0) is 0 Å². The molecule has 3 rings (SSSR count). The normalized spacial score (nSPS) is 31.2. The second-order valence-corrected chi connectivity index (χ2v) is 6.80. The molecule has 1 aromatic rings. The molecular weight excluding hydrogens is 256 g/mol. The number of hydrogen-bond acceptors (Lipinski definition) is 2. The third-order valence-corrected chi connectivity index (χ3v) is 5.46. The molecule has 2 nitrogen and oxygen atoms in total. The van der Waals surface area contributed by atoms with E-state index in [0.29, 0.717) is 12.1 Å². The van der Waals surface area contributed by atoms with E-state index in [-0.39, 0.29) is 0 Å². The Bertz CT molecular complexity index is 411. The molecule has 0 aromatic heterocycles. The SMILES string of the molecule is CCC(NC1CCCCC1C1CCCN1)c1ccccc1. The lowest BCUT2D eigenvalue weighted by Crippen LogP contribution is -2.47. The van der Waals surface area contributed by atoms with Crippen LogP contribution in [0.1, 0.15) is 63.5 Å². The van der Waals surface area contributed by atoms with Gasteiger partial charge in [-0.25, -0.2) is 0 Å². The van der Waals surface area contributed by atoms with Crippen molar-refractivity contribution in [2.24, 2.45) is 5.92 Å². The van der Waals surface area contributed by atoms with Gasteiger partial charge in [0.05, 0.1) is 0 Å². The summed E-state index contributed by atoms with van der Waals surface area (Å²) in [6.45, 7) is 3.53. The molecule has 2 fully saturated rings. The largest absolute Gasteiger partial charge is 0.314 e. The van der Waals surface area contributed by atoms with Crippen molar-refractivity contribution >= 4 is 0 Å². The summed E-state index contributed by atoms with van der Waals surface area (Å²) in [5, 5.41) is 7.76. The Morgan fingerprint density at radius 1 is 1.10 bits per heavy atom. The maximum atomic E-state index is 4.01. The Labute approximate surface area is 129 Å². The monoisotopic (exact) mass is 286 g/mol. The number of benzene rings is 1. The zero-order chi connectivity index (χ0) is 14.5. The van der Waals surface area contributed by atoms with E-state index >= 15 is 0 Å². The summed E-state index contributed by atoms with van der Waals surface area (Å²) >= 11 is 0. The topological polar surface area (TPSA) is 24.1 Å². The van der Waals surface area contributed by atoms with Crippen molar-refractivity contribution in [3.63, 3.8) is 0 Å². The van der Waals surface area contributed by atoms with Crippen molar-refractivity contribution in [3.05, 3.63) is 35.9 Å². The zero-order valence-corrected chi connectivity index (χ0v) is 13.4. The van der Waals surface area contributed by atoms with Crippen LogP contribution >= 0.6 is 0 Å². The highest BCUT2D eigenvalue weighted by atomic mass is 15.0. The van der Waals surface area contributed by atoms with Crippen LogP contribution in [0.5, 0.6) is 0 Å². The molecule has 1 saturated carbocycles. The number of rotatable bonds is 5. The lowest BCUT2D eigenvalue weighted by atomic mass is 9.78. The van der Waals surface area contributed by atoms with Gasteiger partial charge in [-0.3, -0.25) is 0 Å². The summed E-state index contributed by atoms with van der Waals surface area (Å²) in [7, 11) is 0. The van der Waals surface area contributed by atoms with E-state index in [1.54, 1.807) is 0 Å². The van der Waals surface area contributed by atoms with Gasteiger partial charge in [0.2, 0.25) is 0 Å². The van der Waals surface area contributed by atoms with E-state index in [0.717, 1.165) is 12.0 Å². The molecule has 2 N–H and O–H groups in total. The Hall–Kier alpha value is -0.860. The van der Waals surface area contributed by atoms with Gasteiger partial charge >= 0.3 is 0 Å². The maximum absolute atomic E-state index is 4.01. The fraction of sp³-hybridized carbons (Fsp3) is 0.684. The van der Waals surface area contributed by atoms with Crippen LogP contribution < -0.4 is 10.6 Å². The van der Waals surface area contributed by atoms with Crippen LogP contribution in [0.3, 0.4) is 0 Å². The smallest absolute Gasteiger partial charge is 0.0320 e. The van der Waals surface area contributed by atoms with E-state index in [1.165, 1.54) is 57.1 Å².